The maximum Gasteiger partial charge on any atom is 0.262 e. The number of sulfonamides is 1. The Balaban J connectivity index is 1.63. The van der Waals surface area contributed by atoms with E-state index in [0.29, 0.717) is 6.07 Å². The lowest BCUT2D eigenvalue weighted by Gasteiger charge is -2.15. The lowest BCUT2D eigenvalue weighted by atomic mass is 10.1. The Labute approximate surface area is 189 Å². The van der Waals surface area contributed by atoms with Crippen molar-refractivity contribution in [3.63, 3.8) is 0 Å². The van der Waals surface area contributed by atoms with E-state index >= 15 is 0 Å². The number of anilines is 1. The number of hydrogen-bond donors (Lipinski definition) is 2. The van der Waals surface area contributed by atoms with Crippen molar-refractivity contribution in [2.45, 2.75) is 17.9 Å². The predicted molar refractivity (Wildman–Crippen MR) is 117 cm³/mol. The van der Waals surface area contributed by atoms with Crippen LogP contribution in [-0.2, 0) is 14.8 Å². The van der Waals surface area contributed by atoms with Gasteiger partial charge in [0.1, 0.15) is 17.4 Å². The van der Waals surface area contributed by atoms with Gasteiger partial charge in [-0.25, -0.2) is 21.9 Å². The average molecular weight is 481 g/mol. The van der Waals surface area contributed by atoms with Crippen LogP contribution >= 0.6 is 11.6 Å². The van der Waals surface area contributed by atoms with Crippen LogP contribution in [0, 0.1) is 11.6 Å². The van der Waals surface area contributed by atoms with E-state index in [-0.39, 0.29) is 21.4 Å². The number of nitrogens with one attached hydrogen (secondary N) is 2. The van der Waals surface area contributed by atoms with E-state index in [4.69, 9.17) is 16.3 Å². The molecule has 0 aliphatic carbocycles. The van der Waals surface area contributed by atoms with Crippen LogP contribution in [0.15, 0.2) is 71.6 Å². The predicted octanol–water partition coefficient (Wildman–Crippen LogP) is 4.68. The summed E-state index contributed by atoms with van der Waals surface area (Å²) < 4.78 is 59.7. The molecule has 3 aromatic rings. The third-order valence-corrected chi connectivity index (χ3v) is 6.24. The molecule has 32 heavy (non-hydrogen) atoms. The number of ether oxygens (including phenoxy) is 1. The van der Waals surface area contributed by atoms with Gasteiger partial charge in [0.2, 0.25) is 10.0 Å². The highest BCUT2D eigenvalue weighted by atomic mass is 35.5. The summed E-state index contributed by atoms with van der Waals surface area (Å²) in [5, 5.41) is 2.22. The van der Waals surface area contributed by atoms with Crippen molar-refractivity contribution in [3.8, 4) is 5.75 Å². The Morgan fingerprint density at radius 3 is 2.44 bits per heavy atom. The van der Waals surface area contributed by atoms with Crippen molar-refractivity contribution < 1.29 is 26.7 Å². The molecular weight excluding hydrogens is 462 g/mol. The Morgan fingerprint density at radius 2 is 1.78 bits per heavy atom. The van der Waals surface area contributed by atoms with Gasteiger partial charge in [-0.3, -0.25) is 4.79 Å². The fourth-order valence-electron chi connectivity index (χ4n) is 2.80. The molecule has 0 radical (unpaired) electrons. The highest BCUT2D eigenvalue weighted by molar-refractivity contribution is 7.89. The normalized spacial score (nSPS) is 12.2. The van der Waals surface area contributed by atoms with Gasteiger partial charge in [0.05, 0.1) is 15.6 Å². The quantitative estimate of drug-likeness (QED) is 0.490. The number of carbonyl (C=O) groups excluding carboxylic acids is 1. The van der Waals surface area contributed by atoms with Crippen molar-refractivity contribution in [2.75, 3.05) is 11.9 Å². The fourth-order valence-corrected chi connectivity index (χ4v) is 4.35. The minimum absolute atomic E-state index is 0.0269. The van der Waals surface area contributed by atoms with Gasteiger partial charge < -0.3 is 10.1 Å². The third-order valence-electron chi connectivity index (χ3n) is 4.41. The molecule has 0 fully saturated rings. The minimum Gasteiger partial charge on any atom is -0.482 e. The minimum atomic E-state index is -3.87. The zero-order chi connectivity index (χ0) is 23.3. The van der Waals surface area contributed by atoms with Gasteiger partial charge in [-0.1, -0.05) is 41.9 Å². The zero-order valence-electron chi connectivity index (χ0n) is 16.8. The van der Waals surface area contributed by atoms with Gasteiger partial charge in [-0.15, -0.1) is 0 Å². The second kappa shape index (κ2) is 10.1. The molecule has 0 aromatic heterocycles. The van der Waals surface area contributed by atoms with Crippen molar-refractivity contribution >= 4 is 33.2 Å². The summed E-state index contributed by atoms with van der Waals surface area (Å²) in [6.07, 6.45) is 0. The second-order valence-electron chi connectivity index (χ2n) is 6.81. The molecule has 0 spiro atoms. The van der Waals surface area contributed by atoms with Crippen molar-refractivity contribution in [2.24, 2.45) is 0 Å². The van der Waals surface area contributed by atoms with E-state index in [1.54, 1.807) is 19.1 Å². The van der Waals surface area contributed by atoms with Gasteiger partial charge >= 0.3 is 0 Å². The summed E-state index contributed by atoms with van der Waals surface area (Å²) in [5.41, 5.74) is 0.594. The molecule has 3 rings (SSSR count). The molecule has 168 valence electrons. The highest BCUT2D eigenvalue weighted by Gasteiger charge is 2.20. The smallest absolute Gasteiger partial charge is 0.262 e. The van der Waals surface area contributed by atoms with E-state index < -0.39 is 40.2 Å². The van der Waals surface area contributed by atoms with Crippen LogP contribution in [0.3, 0.4) is 0 Å². The molecule has 10 heteroatoms. The summed E-state index contributed by atoms with van der Waals surface area (Å²) in [7, 11) is -3.87. The van der Waals surface area contributed by atoms with Crippen LogP contribution in [0.1, 0.15) is 18.5 Å². The molecule has 1 amide bonds. The van der Waals surface area contributed by atoms with Crippen molar-refractivity contribution in [1.29, 1.82) is 0 Å². The SMILES string of the molecule is C[C@@H](NS(=O)(=O)c1ccc(OCC(=O)Nc2ccc(F)cc2F)c(Cl)c1)c1ccccc1. The van der Waals surface area contributed by atoms with E-state index in [1.165, 1.54) is 18.2 Å². The summed E-state index contributed by atoms with van der Waals surface area (Å²) in [6.45, 7) is 1.19. The van der Waals surface area contributed by atoms with E-state index in [9.17, 15) is 22.0 Å². The number of amides is 1. The standard InChI is InChI=1S/C22H19ClF2N2O4S/c1-14(15-5-3-2-4-6-15)27-32(29,30)17-8-10-21(18(23)12-17)31-13-22(28)26-20-9-7-16(24)11-19(20)25/h2-12,14,27H,13H2,1H3,(H,26,28)/t14-/m1/s1. The van der Waals surface area contributed by atoms with Crippen LogP contribution in [-0.4, -0.2) is 20.9 Å². The Morgan fingerprint density at radius 1 is 1.06 bits per heavy atom. The lowest BCUT2D eigenvalue weighted by Crippen LogP contribution is -2.27. The molecule has 0 aliphatic heterocycles. The van der Waals surface area contributed by atoms with Crippen LogP contribution < -0.4 is 14.8 Å². The first-order chi connectivity index (χ1) is 15.2. The van der Waals surface area contributed by atoms with Gasteiger partial charge in [-0.05, 0) is 42.8 Å². The largest absolute Gasteiger partial charge is 0.482 e. The molecule has 0 bridgehead atoms. The van der Waals surface area contributed by atoms with Crippen LogP contribution in [0.4, 0.5) is 14.5 Å². The molecule has 6 nitrogen and oxygen atoms in total. The Hall–Kier alpha value is -3.01. The van der Waals surface area contributed by atoms with Crippen molar-refractivity contribution in [3.05, 3.63) is 89.0 Å². The van der Waals surface area contributed by atoms with E-state index in [1.807, 2.05) is 18.2 Å². The highest BCUT2D eigenvalue weighted by Crippen LogP contribution is 2.28. The average Bonchev–Trinajstić information content (AvgIpc) is 2.75. The van der Waals surface area contributed by atoms with Gasteiger partial charge in [0.15, 0.2) is 6.61 Å². The molecule has 1 atom stereocenters. The van der Waals surface area contributed by atoms with Crippen LogP contribution in [0.25, 0.3) is 0 Å². The van der Waals surface area contributed by atoms with Crippen molar-refractivity contribution in [1.82, 2.24) is 4.72 Å². The molecule has 0 heterocycles. The van der Waals surface area contributed by atoms with Gasteiger partial charge in [0, 0.05) is 12.1 Å². The summed E-state index contributed by atoms with van der Waals surface area (Å²) in [4.78, 5) is 11.9. The molecule has 3 aromatic carbocycles. The molecule has 2 N–H and O–H groups in total. The number of benzene rings is 3. The molecule has 0 saturated carbocycles. The topological polar surface area (TPSA) is 84.5 Å². The van der Waals surface area contributed by atoms with Crippen LogP contribution in [0.5, 0.6) is 5.75 Å². The molecule has 0 aliphatic rings. The fraction of sp³-hybridized carbons (Fsp3) is 0.136. The summed E-state index contributed by atoms with van der Waals surface area (Å²) in [6, 6.07) is 15.1. The molecular formula is C22H19ClF2N2O4S. The molecule has 0 unspecified atom stereocenters. The van der Waals surface area contributed by atoms with Gasteiger partial charge in [-0.2, -0.15) is 0 Å². The summed E-state index contributed by atoms with van der Waals surface area (Å²) in [5.74, 6) is -2.34. The lowest BCUT2D eigenvalue weighted by molar-refractivity contribution is -0.118. The first-order valence-electron chi connectivity index (χ1n) is 9.40. The molecule has 0 saturated heterocycles. The maximum absolute atomic E-state index is 13.6. The van der Waals surface area contributed by atoms with Crippen LogP contribution in [0.2, 0.25) is 5.02 Å². The van der Waals surface area contributed by atoms with E-state index in [2.05, 4.69) is 10.0 Å². The Kier molecular flexibility index (Phi) is 7.44. The van der Waals surface area contributed by atoms with E-state index in [0.717, 1.165) is 17.7 Å². The number of halogens is 3. The number of rotatable bonds is 8. The Bertz CT molecular complexity index is 1220. The van der Waals surface area contributed by atoms with Gasteiger partial charge in [0.25, 0.3) is 5.91 Å². The second-order valence-corrected chi connectivity index (χ2v) is 8.93. The number of hydrogen-bond acceptors (Lipinski definition) is 4. The first-order valence-corrected chi connectivity index (χ1v) is 11.3. The summed E-state index contributed by atoms with van der Waals surface area (Å²) >= 11 is 6.12. The zero-order valence-corrected chi connectivity index (χ0v) is 18.4. The number of carbonyl (C=O) groups is 1. The first kappa shape index (κ1) is 23.6. The monoisotopic (exact) mass is 480 g/mol. The maximum atomic E-state index is 13.6. The third kappa shape index (κ3) is 6.03.